The van der Waals surface area contributed by atoms with Gasteiger partial charge in [0, 0.05) is 30.4 Å². The maximum atomic E-state index is 13.7. The lowest BCUT2D eigenvalue weighted by Crippen LogP contribution is -2.19. The van der Waals surface area contributed by atoms with Gasteiger partial charge in [-0.3, -0.25) is 9.69 Å². The van der Waals surface area contributed by atoms with Crippen molar-refractivity contribution < 1.29 is 9.18 Å². The highest BCUT2D eigenvalue weighted by Gasteiger charge is 2.24. The molecule has 1 N–H and O–H groups in total. The zero-order chi connectivity index (χ0) is 22.8. The molecular formula is C28H24FN3O. The van der Waals surface area contributed by atoms with Crippen molar-refractivity contribution in [1.29, 1.82) is 5.26 Å². The molecule has 0 aliphatic carbocycles. The molecule has 0 bridgehead atoms. The van der Waals surface area contributed by atoms with E-state index >= 15 is 0 Å². The summed E-state index contributed by atoms with van der Waals surface area (Å²) >= 11 is 0. The third-order valence-corrected chi connectivity index (χ3v) is 6.39. The van der Waals surface area contributed by atoms with Crippen LogP contribution in [-0.4, -0.2) is 28.8 Å². The number of aromatic nitrogens is 1. The Labute approximate surface area is 192 Å². The minimum atomic E-state index is -0.504. The summed E-state index contributed by atoms with van der Waals surface area (Å²) in [7, 11) is 0. The van der Waals surface area contributed by atoms with E-state index in [9.17, 15) is 9.18 Å². The summed E-state index contributed by atoms with van der Waals surface area (Å²) in [6.07, 6.45) is 1.17. The average Bonchev–Trinajstić information content (AvgIpc) is 3.46. The molecule has 2 heterocycles. The number of halogens is 1. The van der Waals surface area contributed by atoms with Gasteiger partial charge in [0.1, 0.15) is 5.82 Å². The highest BCUT2D eigenvalue weighted by Crippen LogP contribution is 2.30. The number of carbonyl (C=O) groups excluding carboxylic acids is 1. The number of nitrogens with zero attached hydrogens (tertiary/aromatic N) is 2. The van der Waals surface area contributed by atoms with Crippen molar-refractivity contribution in [3.63, 3.8) is 0 Å². The van der Waals surface area contributed by atoms with Crippen LogP contribution in [0.2, 0.25) is 0 Å². The molecule has 5 heteroatoms. The molecule has 1 fully saturated rings. The van der Waals surface area contributed by atoms with Crippen molar-refractivity contribution in [3.8, 4) is 6.07 Å². The van der Waals surface area contributed by atoms with Gasteiger partial charge in [-0.1, -0.05) is 36.4 Å². The normalized spacial score (nSPS) is 16.2. The molecule has 4 aromatic rings. The Morgan fingerprint density at radius 2 is 1.91 bits per heavy atom. The second-order valence-electron chi connectivity index (χ2n) is 8.80. The fourth-order valence-corrected chi connectivity index (χ4v) is 4.74. The number of rotatable bonds is 6. The molecule has 1 aromatic heterocycles. The topological polar surface area (TPSA) is 59.9 Å². The van der Waals surface area contributed by atoms with E-state index in [1.807, 2.05) is 24.3 Å². The summed E-state index contributed by atoms with van der Waals surface area (Å²) in [4.78, 5) is 18.5. The molecule has 0 saturated carbocycles. The van der Waals surface area contributed by atoms with Crippen LogP contribution in [-0.2, 0) is 13.0 Å². The predicted molar refractivity (Wildman–Crippen MR) is 127 cm³/mol. The monoisotopic (exact) mass is 437 g/mol. The van der Waals surface area contributed by atoms with Crippen LogP contribution in [0, 0.1) is 17.1 Å². The molecule has 1 saturated heterocycles. The first kappa shape index (κ1) is 21.1. The van der Waals surface area contributed by atoms with Gasteiger partial charge < -0.3 is 4.98 Å². The molecule has 0 spiro atoms. The number of ketones is 1. The minimum Gasteiger partial charge on any atom is -0.352 e. The van der Waals surface area contributed by atoms with Crippen molar-refractivity contribution in [3.05, 3.63) is 107 Å². The van der Waals surface area contributed by atoms with Crippen LogP contribution < -0.4 is 0 Å². The lowest BCUT2D eigenvalue weighted by atomic mass is 9.97. The number of H-pyrrole nitrogens is 1. The third kappa shape index (κ3) is 4.72. The molecule has 3 aromatic carbocycles. The van der Waals surface area contributed by atoms with Crippen LogP contribution in [0.3, 0.4) is 0 Å². The standard InChI is InChI=1S/C28H24FN3O/c29-25-11-20(10-21(12-25)16-30)13-28(33)27-15-24-14-22(6-7-26(24)31-27)23-8-9-32(18-23)17-19-4-2-1-3-5-19/h1-7,10-12,14-15,23,31H,8-9,13,17-18H2. The second kappa shape index (κ2) is 9.01. The van der Waals surface area contributed by atoms with Gasteiger partial charge in [-0.15, -0.1) is 0 Å². The SMILES string of the molecule is N#Cc1cc(F)cc(CC(=O)c2cc3cc(C4CCN(Cc5ccccc5)C4)ccc3[nH]2)c1. The van der Waals surface area contributed by atoms with Crippen molar-refractivity contribution in [2.75, 3.05) is 13.1 Å². The number of likely N-dealkylation sites (tertiary alicyclic amines) is 1. The molecular weight excluding hydrogens is 413 g/mol. The van der Waals surface area contributed by atoms with E-state index in [2.05, 4.69) is 46.3 Å². The first-order valence-electron chi connectivity index (χ1n) is 11.2. The fourth-order valence-electron chi connectivity index (χ4n) is 4.74. The number of hydrogen-bond donors (Lipinski definition) is 1. The van der Waals surface area contributed by atoms with E-state index in [0.29, 0.717) is 17.2 Å². The largest absolute Gasteiger partial charge is 0.352 e. The van der Waals surface area contributed by atoms with Crippen LogP contribution in [0.1, 0.15) is 45.1 Å². The summed E-state index contributed by atoms with van der Waals surface area (Å²) < 4.78 is 13.7. The average molecular weight is 438 g/mol. The number of aromatic amines is 1. The number of fused-ring (bicyclic) bond motifs is 1. The second-order valence-corrected chi connectivity index (χ2v) is 8.80. The lowest BCUT2D eigenvalue weighted by molar-refractivity contribution is 0.0989. The smallest absolute Gasteiger partial charge is 0.183 e. The van der Waals surface area contributed by atoms with Crippen LogP contribution in [0.15, 0.2) is 72.8 Å². The first-order valence-corrected chi connectivity index (χ1v) is 11.2. The molecule has 0 amide bonds. The van der Waals surface area contributed by atoms with Crippen LogP contribution in [0.25, 0.3) is 10.9 Å². The zero-order valence-corrected chi connectivity index (χ0v) is 18.2. The number of nitrogens with one attached hydrogen (secondary N) is 1. The lowest BCUT2D eigenvalue weighted by Gasteiger charge is -2.16. The Hall–Kier alpha value is -3.75. The molecule has 1 atom stereocenters. The van der Waals surface area contributed by atoms with Crippen molar-refractivity contribution in [1.82, 2.24) is 9.88 Å². The van der Waals surface area contributed by atoms with Crippen molar-refractivity contribution in [2.45, 2.75) is 25.3 Å². The molecule has 1 aliphatic rings. The van der Waals surface area contributed by atoms with Gasteiger partial charge in [-0.05, 0) is 72.0 Å². The maximum absolute atomic E-state index is 13.7. The molecule has 4 nitrogen and oxygen atoms in total. The fraction of sp³-hybridized carbons (Fsp3) is 0.214. The van der Waals surface area contributed by atoms with E-state index in [1.54, 1.807) is 6.07 Å². The molecule has 0 radical (unpaired) electrons. The van der Waals surface area contributed by atoms with Crippen LogP contribution >= 0.6 is 0 Å². The third-order valence-electron chi connectivity index (χ3n) is 6.39. The van der Waals surface area contributed by atoms with Gasteiger partial charge >= 0.3 is 0 Å². The Bertz CT molecular complexity index is 1350. The predicted octanol–water partition coefficient (Wildman–Crippen LogP) is 5.59. The number of nitriles is 1. The summed E-state index contributed by atoms with van der Waals surface area (Å²) in [5.41, 5.74) is 4.76. The highest BCUT2D eigenvalue weighted by atomic mass is 19.1. The molecule has 1 unspecified atom stereocenters. The van der Waals surface area contributed by atoms with E-state index in [0.717, 1.165) is 37.0 Å². The highest BCUT2D eigenvalue weighted by molar-refractivity contribution is 6.00. The van der Waals surface area contributed by atoms with Gasteiger partial charge in [0.05, 0.1) is 17.3 Å². The van der Waals surface area contributed by atoms with Crippen LogP contribution in [0.5, 0.6) is 0 Å². The molecule has 5 rings (SSSR count). The Morgan fingerprint density at radius 3 is 2.73 bits per heavy atom. The van der Waals surface area contributed by atoms with Crippen LogP contribution in [0.4, 0.5) is 4.39 Å². The summed E-state index contributed by atoms with van der Waals surface area (Å²) in [5, 5.41) is 10.0. The van der Waals surface area contributed by atoms with Gasteiger partial charge in [0.15, 0.2) is 5.78 Å². The Kier molecular flexibility index (Phi) is 5.77. The van der Waals surface area contributed by atoms with Gasteiger partial charge in [-0.25, -0.2) is 4.39 Å². The molecule has 1 aliphatic heterocycles. The quantitative estimate of drug-likeness (QED) is 0.400. The number of benzene rings is 3. The number of hydrogen-bond acceptors (Lipinski definition) is 3. The summed E-state index contributed by atoms with van der Waals surface area (Å²) in [6.45, 7) is 3.07. The summed E-state index contributed by atoms with van der Waals surface area (Å²) in [5.74, 6) is -0.156. The van der Waals surface area contributed by atoms with E-state index in [1.165, 1.54) is 23.3 Å². The van der Waals surface area contributed by atoms with Gasteiger partial charge in [0.25, 0.3) is 0 Å². The number of Topliss-reactive ketones (excluding diaryl/α,β-unsaturated/α-hetero) is 1. The zero-order valence-electron chi connectivity index (χ0n) is 18.2. The van der Waals surface area contributed by atoms with Gasteiger partial charge in [0.2, 0.25) is 0 Å². The minimum absolute atomic E-state index is 0.0448. The Morgan fingerprint density at radius 1 is 1.06 bits per heavy atom. The van der Waals surface area contributed by atoms with Crippen molar-refractivity contribution in [2.24, 2.45) is 0 Å². The van der Waals surface area contributed by atoms with Gasteiger partial charge in [-0.2, -0.15) is 5.26 Å². The number of carbonyl (C=O) groups is 1. The summed E-state index contributed by atoms with van der Waals surface area (Å²) in [6, 6.07) is 24.8. The molecule has 164 valence electrons. The van der Waals surface area contributed by atoms with E-state index in [-0.39, 0.29) is 17.8 Å². The maximum Gasteiger partial charge on any atom is 0.183 e. The van der Waals surface area contributed by atoms with E-state index in [4.69, 9.17) is 5.26 Å². The van der Waals surface area contributed by atoms with Crippen molar-refractivity contribution >= 4 is 16.7 Å². The Balaban J connectivity index is 1.29. The molecule has 33 heavy (non-hydrogen) atoms. The first-order chi connectivity index (χ1) is 16.1. The van der Waals surface area contributed by atoms with E-state index < -0.39 is 5.82 Å².